The van der Waals surface area contributed by atoms with Crippen LogP contribution in [0.5, 0.6) is 0 Å². The van der Waals surface area contributed by atoms with E-state index in [0.29, 0.717) is 22.6 Å². The van der Waals surface area contributed by atoms with Crippen LogP contribution in [-0.2, 0) is 11.4 Å². The van der Waals surface area contributed by atoms with Crippen LogP contribution in [0.1, 0.15) is 29.5 Å². The molecule has 3 aromatic carbocycles. The number of benzene rings is 3. The van der Waals surface area contributed by atoms with Crippen molar-refractivity contribution < 1.29 is 4.84 Å². The maximum atomic E-state index is 6.39. The molecule has 4 heteroatoms. The SMILES string of the molecule is Cc1c(CO/N=C(/c2ccc(Cl)cc2Cl)C2CC2)cccc1-c1ccccc1. The van der Waals surface area contributed by atoms with Gasteiger partial charge in [0.1, 0.15) is 6.61 Å². The van der Waals surface area contributed by atoms with Gasteiger partial charge in [-0.3, -0.25) is 0 Å². The minimum absolute atomic E-state index is 0.412. The van der Waals surface area contributed by atoms with E-state index in [4.69, 9.17) is 28.0 Å². The van der Waals surface area contributed by atoms with E-state index in [0.717, 1.165) is 29.7 Å². The first-order chi connectivity index (χ1) is 13.6. The molecule has 0 heterocycles. The van der Waals surface area contributed by atoms with Crippen LogP contribution in [0.25, 0.3) is 11.1 Å². The Morgan fingerprint density at radius 1 is 1.00 bits per heavy atom. The van der Waals surface area contributed by atoms with Crippen LogP contribution in [0.4, 0.5) is 0 Å². The molecule has 0 radical (unpaired) electrons. The van der Waals surface area contributed by atoms with Crippen LogP contribution in [0.2, 0.25) is 10.0 Å². The molecule has 1 saturated carbocycles. The molecule has 28 heavy (non-hydrogen) atoms. The lowest BCUT2D eigenvalue weighted by molar-refractivity contribution is 0.129. The van der Waals surface area contributed by atoms with Crippen molar-refractivity contribution in [2.24, 2.45) is 11.1 Å². The third-order valence-corrected chi connectivity index (χ3v) is 5.63. The Labute approximate surface area is 175 Å². The van der Waals surface area contributed by atoms with Gasteiger partial charge in [0, 0.05) is 16.5 Å². The van der Waals surface area contributed by atoms with Crippen LogP contribution in [-0.4, -0.2) is 5.71 Å². The van der Waals surface area contributed by atoms with Crippen LogP contribution >= 0.6 is 23.2 Å². The molecule has 2 nitrogen and oxygen atoms in total. The highest BCUT2D eigenvalue weighted by atomic mass is 35.5. The molecule has 3 aromatic rings. The molecule has 0 N–H and O–H groups in total. The first-order valence-corrected chi connectivity index (χ1v) is 10.2. The second-order valence-corrected chi connectivity index (χ2v) is 7.95. The lowest BCUT2D eigenvalue weighted by Gasteiger charge is -2.12. The van der Waals surface area contributed by atoms with Gasteiger partial charge in [0.2, 0.25) is 0 Å². The van der Waals surface area contributed by atoms with Gasteiger partial charge in [0.05, 0.1) is 10.7 Å². The fraction of sp³-hybridized carbons (Fsp3) is 0.208. The number of nitrogens with zero attached hydrogens (tertiary/aromatic N) is 1. The van der Waals surface area contributed by atoms with E-state index in [1.165, 1.54) is 16.7 Å². The zero-order chi connectivity index (χ0) is 19.5. The maximum Gasteiger partial charge on any atom is 0.142 e. The summed E-state index contributed by atoms with van der Waals surface area (Å²) in [5.74, 6) is 0.412. The van der Waals surface area contributed by atoms with Crippen molar-refractivity contribution in [3.05, 3.63) is 93.5 Å². The Morgan fingerprint density at radius 2 is 1.79 bits per heavy atom. The highest BCUT2D eigenvalue weighted by molar-refractivity contribution is 6.37. The van der Waals surface area contributed by atoms with Crippen molar-refractivity contribution in [3.63, 3.8) is 0 Å². The quantitative estimate of drug-likeness (QED) is 0.309. The zero-order valence-corrected chi connectivity index (χ0v) is 17.2. The summed E-state index contributed by atoms with van der Waals surface area (Å²) in [5, 5.41) is 5.71. The normalized spacial score (nSPS) is 14.2. The van der Waals surface area contributed by atoms with Crippen molar-refractivity contribution in [2.45, 2.75) is 26.4 Å². The Bertz CT molecular complexity index is 1010. The molecule has 0 saturated heterocycles. The molecule has 0 unspecified atom stereocenters. The van der Waals surface area contributed by atoms with E-state index >= 15 is 0 Å². The molecule has 4 rings (SSSR count). The van der Waals surface area contributed by atoms with E-state index in [1.807, 2.05) is 18.2 Å². The summed E-state index contributed by atoms with van der Waals surface area (Å²) in [6.45, 7) is 2.55. The first-order valence-electron chi connectivity index (χ1n) is 9.42. The predicted molar refractivity (Wildman–Crippen MR) is 117 cm³/mol. The Morgan fingerprint density at radius 3 is 2.50 bits per heavy atom. The average molecular weight is 410 g/mol. The van der Waals surface area contributed by atoms with Gasteiger partial charge >= 0.3 is 0 Å². The lowest BCUT2D eigenvalue weighted by atomic mass is 9.97. The monoisotopic (exact) mass is 409 g/mol. The third kappa shape index (κ3) is 4.24. The highest BCUT2D eigenvalue weighted by Gasteiger charge is 2.30. The van der Waals surface area contributed by atoms with Gasteiger partial charge in [0.25, 0.3) is 0 Å². The Hall–Kier alpha value is -2.29. The topological polar surface area (TPSA) is 21.6 Å². The fourth-order valence-electron chi connectivity index (χ4n) is 3.34. The van der Waals surface area contributed by atoms with E-state index in [-0.39, 0.29) is 0 Å². The van der Waals surface area contributed by atoms with Gasteiger partial charge in [-0.05, 0) is 54.2 Å². The summed E-state index contributed by atoms with van der Waals surface area (Å²) in [6.07, 6.45) is 2.23. The minimum atomic E-state index is 0.412. The molecule has 1 aliphatic carbocycles. The van der Waals surface area contributed by atoms with E-state index in [2.05, 4.69) is 54.5 Å². The highest BCUT2D eigenvalue weighted by Crippen LogP contribution is 2.36. The molecule has 1 aliphatic rings. The summed E-state index contributed by atoms with van der Waals surface area (Å²) in [5.41, 5.74) is 6.58. The smallest absolute Gasteiger partial charge is 0.142 e. The summed E-state index contributed by atoms with van der Waals surface area (Å²) in [7, 11) is 0. The first kappa shape index (κ1) is 19.0. The zero-order valence-electron chi connectivity index (χ0n) is 15.7. The fourth-order valence-corrected chi connectivity index (χ4v) is 3.84. The Kier molecular flexibility index (Phi) is 5.70. The van der Waals surface area contributed by atoms with Crippen molar-refractivity contribution >= 4 is 28.9 Å². The number of oxime groups is 1. The molecular weight excluding hydrogens is 389 g/mol. The summed E-state index contributed by atoms with van der Waals surface area (Å²) in [4.78, 5) is 5.79. The van der Waals surface area contributed by atoms with Crippen molar-refractivity contribution in [3.8, 4) is 11.1 Å². The van der Waals surface area contributed by atoms with Gasteiger partial charge in [-0.15, -0.1) is 0 Å². The van der Waals surface area contributed by atoms with Crippen LogP contribution in [0.3, 0.4) is 0 Å². The number of hydrogen-bond acceptors (Lipinski definition) is 2. The minimum Gasteiger partial charge on any atom is -0.391 e. The molecular formula is C24H21Cl2NO. The van der Waals surface area contributed by atoms with Gasteiger partial charge < -0.3 is 4.84 Å². The van der Waals surface area contributed by atoms with Gasteiger partial charge in [0.15, 0.2) is 0 Å². The number of rotatable bonds is 6. The molecule has 1 fully saturated rings. The van der Waals surface area contributed by atoms with E-state index in [9.17, 15) is 0 Å². The molecule has 0 bridgehead atoms. The van der Waals surface area contributed by atoms with Crippen LogP contribution in [0.15, 0.2) is 71.9 Å². The molecule has 0 aromatic heterocycles. The standard InChI is InChI=1S/C24H21Cl2NO/c1-16-19(8-5-9-21(16)17-6-3-2-4-7-17)15-28-27-24(18-10-11-18)22-13-12-20(25)14-23(22)26/h2-9,12-14,18H,10-11,15H2,1H3/b27-24+. The van der Waals surface area contributed by atoms with Crippen molar-refractivity contribution in [2.75, 3.05) is 0 Å². The molecule has 0 amide bonds. The second-order valence-electron chi connectivity index (χ2n) is 7.10. The number of hydrogen-bond donors (Lipinski definition) is 0. The maximum absolute atomic E-state index is 6.39. The third-order valence-electron chi connectivity index (χ3n) is 5.08. The summed E-state index contributed by atoms with van der Waals surface area (Å²) < 4.78 is 0. The van der Waals surface area contributed by atoms with Gasteiger partial charge in [-0.25, -0.2) is 0 Å². The number of halogens is 2. The van der Waals surface area contributed by atoms with Crippen LogP contribution < -0.4 is 0 Å². The van der Waals surface area contributed by atoms with Crippen molar-refractivity contribution in [1.82, 2.24) is 0 Å². The second kappa shape index (κ2) is 8.38. The lowest BCUT2D eigenvalue weighted by Crippen LogP contribution is -2.06. The van der Waals surface area contributed by atoms with E-state index in [1.54, 1.807) is 6.07 Å². The predicted octanol–water partition coefficient (Wildman–Crippen LogP) is 7.30. The molecule has 0 atom stereocenters. The Balaban J connectivity index is 1.55. The van der Waals surface area contributed by atoms with Crippen molar-refractivity contribution in [1.29, 1.82) is 0 Å². The summed E-state index contributed by atoms with van der Waals surface area (Å²) in [6, 6.07) is 22.2. The van der Waals surface area contributed by atoms with E-state index < -0.39 is 0 Å². The van der Waals surface area contributed by atoms with Crippen LogP contribution in [0, 0.1) is 12.8 Å². The molecule has 0 aliphatic heterocycles. The largest absolute Gasteiger partial charge is 0.391 e. The van der Waals surface area contributed by atoms with Gasteiger partial charge in [-0.1, -0.05) is 83.0 Å². The molecule has 142 valence electrons. The summed E-state index contributed by atoms with van der Waals surface area (Å²) >= 11 is 12.4. The van der Waals surface area contributed by atoms with Gasteiger partial charge in [-0.2, -0.15) is 0 Å². The molecule has 0 spiro atoms. The average Bonchev–Trinajstić information content (AvgIpc) is 3.53.